The van der Waals surface area contributed by atoms with Crippen molar-refractivity contribution in [2.75, 3.05) is 5.32 Å². The van der Waals surface area contributed by atoms with Gasteiger partial charge in [0.05, 0.1) is 11.6 Å². The second kappa shape index (κ2) is 5.52. The van der Waals surface area contributed by atoms with Gasteiger partial charge in [-0.2, -0.15) is 0 Å². The minimum absolute atomic E-state index is 0.114. The maximum absolute atomic E-state index is 13.9. The average Bonchev–Trinajstić information content (AvgIpc) is 2.47. The van der Waals surface area contributed by atoms with Gasteiger partial charge < -0.3 is 5.32 Å². The fourth-order valence-corrected chi connectivity index (χ4v) is 2.56. The van der Waals surface area contributed by atoms with E-state index in [-0.39, 0.29) is 11.9 Å². The molecule has 1 N–H and O–H groups in total. The van der Waals surface area contributed by atoms with Crippen molar-refractivity contribution in [2.24, 2.45) is 0 Å². The fraction of sp³-hybridized carbons (Fsp3) is 0.167. The van der Waals surface area contributed by atoms with Gasteiger partial charge >= 0.3 is 0 Å². The van der Waals surface area contributed by atoms with E-state index >= 15 is 0 Å². The molecule has 0 radical (unpaired) electrons. The van der Waals surface area contributed by atoms with Crippen LogP contribution in [0.3, 0.4) is 0 Å². The summed E-state index contributed by atoms with van der Waals surface area (Å²) < 4.78 is 13.9. The second-order valence-corrected chi connectivity index (χ2v) is 5.22. The highest BCUT2D eigenvalue weighted by molar-refractivity contribution is 5.91. The van der Waals surface area contributed by atoms with Crippen LogP contribution in [0, 0.1) is 12.7 Å². The average molecular weight is 280 g/mol. The maximum atomic E-state index is 13.9. The van der Waals surface area contributed by atoms with Gasteiger partial charge in [0, 0.05) is 22.3 Å². The zero-order valence-corrected chi connectivity index (χ0v) is 12.1. The normalized spacial score (nSPS) is 12.3. The lowest BCUT2D eigenvalue weighted by molar-refractivity contribution is 0.600. The van der Waals surface area contributed by atoms with E-state index in [0.29, 0.717) is 5.56 Å². The van der Waals surface area contributed by atoms with Crippen LogP contribution in [0.2, 0.25) is 0 Å². The molecule has 0 bridgehead atoms. The predicted molar refractivity (Wildman–Crippen MR) is 84.9 cm³/mol. The van der Waals surface area contributed by atoms with Crippen LogP contribution in [-0.4, -0.2) is 4.98 Å². The van der Waals surface area contributed by atoms with E-state index in [2.05, 4.69) is 10.3 Å². The number of fused-ring (bicyclic) bond motifs is 1. The Morgan fingerprint density at radius 1 is 1.05 bits per heavy atom. The Balaban J connectivity index is 2.00. The Hall–Kier alpha value is -2.42. The molecule has 0 spiro atoms. The quantitative estimate of drug-likeness (QED) is 0.741. The van der Waals surface area contributed by atoms with Crippen molar-refractivity contribution in [3.8, 4) is 0 Å². The van der Waals surface area contributed by atoms with Gasteiger partial charge in [-0.15, -0.1) is 0 Å². The third kappa shape index (κ3) is 2.72. The molecule has 1 heterocycles. The number of halogens is 1. The number of aryl methyl sites for hydroxylation is 1. The number of aromatic nitrogens is 1. The minimum atomic E-state index is -0.187. The SMILES string of the molecule is Cc1cc(NC(C)c2ccccc2F)c2ccccc2n1. The predicted octanol–water partition coefficient (Wildman–Crippen LogP) is 4.86. The Labute approximate surface area is 123 Å². The molecule has 0 aliphatic carbocycles. The van der Waals surface area contributed by atoms with Gasteiger partial charge in [0.1, 0.15) is 5.82 Å². The number of nitrogens with zero attached hydrogens (tertiary/aromatic N) is 1. The van der Waals surface area contributed by atoms with E-state index in [4.69, 9.17) is 0 Å². The molecule has 0 saturated carbocycles. The first kappa shape index (κ1) is 13.6. The molecule has 3 aromatic rings. The number of hydrogen-bond acceptors (Lipinski definition) is 2. The third-order valence-corrected chi connectivity index (χ3v) is 3.59. The Kier molecular flexibility index (Phi) is 3.57. The molecule has 0 amide bonds. The number of nitrogens with one attached hydrogen (secondary N) is 1. The van der Waals surface area contributed by atoms with E-state index in [1.807, 2.05) is 56.3 Å². The van der Waals surface area contributed by atoms with E-state index in [9.17, 15) is 4.39 Å². The molecule has 3 heteroatoms. The summed E-state index contributed by atoms with van der Waals surface area (Å²) in [6.07, 6.45) is 0. The van der Waals surface area contributed by atoms with Gasteiger partial charge in [-0.25, -0.2) is 4.39 Å². The molecule has 0 fully saturated rings. The number of pyridine rings is 1. The summed E-state index contributed by atoms with van der Waals surface area (Å²) in [6.45, 7) is 3.92. The molecule has 0 aliphatic rings. The first-order chi connectivity index (χ1) is 10.1. The summed E-state index contributed by atoms with van der Waals surface area (Å²) in [5.41, 5.74) is 3.53. The molecule has 2 aromatic carbocycles. The summed E-state index contributed by atoms with van der Waals surface area (Å²) in [7, 11) is 0. The van der Waals surface area contributed by atoms with Crippen LogP contribution in [-0.2, 0) is 0 Å². The highest BCUT2D eigenvalue weighted by Gasteiger charge is 2.12. The highest BCUT2D eigenvalue weighted by atomic mass is 19.1. The lowest BCUT2D eigenvalue weighted by Gasteiger charge is -2.18. The van der Waals surface area contributed by atoms with Gasteiger partial charge in [-0.3, -0.25) is 4.98 Å². The number of anilines is 1. The molecule has 2 nitrogen and oxygen atoms in total. The lowest BCUT2D eigenvalue weighted by Crippen LogP contribution is -2.09. The molecular weight excluding hydrogens is 263 g/mol. The smallest absolute Gasteiger partial charge is 0.128 e. The summed E-state index contributed by atoms with van der Waals surface area (Å²) in [5, 5.41) is 4.45. The summed E-state index contributed by atoms with van der Waals surface area (Å²) in [4.78, 5) is 4.52. The molecule has 21 heavy (non-hydrogen) atoms. The highest BCUT2D eigenvalue weighted by Crippen LogP contribution is 2.27. The van der Waals surface area contributed by atoms with Crippen molar-refractivity contribution in [1.82, 2.24) is 4.98 Å². The maximum Gasteiger partial charge on any atom is 0.128 e. The van der Waals surface area contributed by atoms with E-state index in [0.717, 1.165) is 22.3 Å². The van der Waals surface area contributed by atoms with Crippen molar-refractivity contribution >= 4 is 16.6 Å². The van der Waals surface area contributed by atoms with Gasteiger partial charge in [0.25, 0.3) is 0 Å². The largest absolute Gasteiger partial charge is 0.378 e. The summed E-state index contributed by atoms with van der Waals surface area (Å²) in [5.74, 6) is -0.187. The van der Waals surface area contributed by atoms with Crippen molar-refractivity contribution in [1.29, 1.82) is 0 Å². The molecule has 106 valence electrons. The zero-order chi connectivity index (χ0) is 14.8. The number of benzene rings is 2. The van der Waals surface area contributed by atoms with Crippen molar-refractivity contribution in [3.05, 3.63) is 71.7 Å². The Morgan fingerprint density at radius 2 is 1.76 bits per heavy atom. The molecule has 1 atom stereocenters. The molecule has 3 rings (SSSR count). The lowest BCUT2D eigenvalue weighted by atomic mass is 10.1. The first-order valence-electron chi connectivity index (χ1n) is 7.02. The Bertz CT molecular complexity index is 783. The second-order valence-electron chi connectivity index (χ2n) is 5.22. The van der Waals surface area contributed by atoms with Crippen LogP contribution in [0.15, 0.2) is 54.6 Å². The van der Waals surface area contributed by atoms with Crippen LogP contribution in [0.1, 0.15) is 24.2 Å². The zero-order valence-electron chi connectivity index (χ0n) is 12.1. The number of para-hydroxylation sites is 1. The summed E-state index contributed by atoms with van der Waals surface area (Å²) >= 11 is 0. The van der Waals surface area contributed by atoms with Crippen LogP contribution >= 0.6 is 0 Å². The monoisotopic (exact) mass is 280 g/mol. The van der Waals surface area contributed by atoms with Gasteiger partial charge in [0.15, 0.2) is 0 Å². The molecular formula is C18H17FN2. The number of hydrogen-bond donors (Lipinski definition) is 1. The van der Waals surface area contributed by atoms with E-state index in [1.165, 1.54) is 6.07 Å². The van der Waals surface area contributed by atoms with Gasteiger partial charge in [-0.1, -0.05) is 36.4 Å². The Morgan fingerprint density at radius 3 is 2.57 bits per heavy atom. The molecule has 0 aliphatic heterocycles. The molecule has 1 aromatic heterocycles. The van der Waals surface area contributed by atoms with Gasteiger partial charge in [-0.05, 0) is 32.0 Å². The van der Waals surface area contributed by atoms with Crippen LogP contribution < -0.4 is 5.32 Å². The molecule has 1 unspecified atom stereocenters. The summed E-state index contributed by atoms with van der Waals surface area (Å²) in [6, 6.07) is 16.7. The van der Waals surface area contributed by atoms with Crippen LogP contribution in [0.5, 0.6) is 0 Å². The van der Waals surface area contributed by atoms with E-state index < -0.39 is 0 Å². The first-order valence-corrected chi connectivity index (χ1v) is 7.02. The van der Waals surface area contributed by atoms with Crippen LogP contribution in [0.4, 0.5) is 10.1 Å². The fourth-order valence-electron chi connectivity index (χ4n) is 2.56. The van der Waals surface area contributed by atoms with Crippen molar-refractivity contribution < 1.29 is 4.39 Å². The minimum Gasteiger partial charge on any atom is -0.378 e. The van der Waals surface area contributed by atoms with Crippen molar-refractivity contribution in [2.45, 2.75) is 19.9 Å². The number of rotatable bonds is 3. The van der Waals surface area contributed by atoms with Crippen molar-refractivity contribution in [3.63, 3.8) is 0 Å². The van der Waals surface area contributed by atoms with Crippen LogP contribution in [0.25, 0.3) is 10.9 Å². The van der Waals surface area contributed by atoms with Gasteiger partial charge in [0.2, 0.25) is 0 Å². The molecule has 0 saturated heterocycles. The third-order valence-electron chi connectivity index (χ3n) is 3.59. The topological polar surface area (TPSA) is 24.9 Å². The standard InChI is InChI=1S/C18H17FN2/c1-12-11-18(15-8-4-6-10-17(15)20-12)21-13(2)14-7-3-5-9-16(14)19/h3-11,13H,1-2H3,(H,20,21). The van der Waals surface area contributed by atoms with E-state index in [1.54, 1.807) is 6.07 Å².